The lowest BCUT2D eigenvalue weighted by Gasteiger charge is -2.23. The van der Waals surface area contributed by atoms with E-state index in [2.05, 4.69) is 5.32 Å². The smallest absolute Gasteiger partial charge is 0.222 e. The van der Waals surface area contributed by atoms with Crippen molar-refractivity contribution in [3.63, 3.8) is 0 Å². The van der Waals surface area contributed by atoms with Gasteiger partial charge in [-0.25, -0.2) is 0 Å². The second kappa shape index (κ2) is 10.9. The van der Waals surface area contributed by atoms with Gasteiger partial charge in [0.15, 0.2) is 0 Å². The molecule has 2 amide bonds. The van der Waals surface area contributed by atoms with Gasteiger partial charge >= 0.3 is 0 Å². The normalized spacial score (nSPS) is 19.3. The third-order valence-corrected chi connectivity index (χ3v) is 4.96. The monoisotopic (exact) mass is 345 g/mol. The summed E-state index contributed by atoms with van der Waals surface area (Å²) in [4.78, 5) is 28.5. The van der Waals surface area contributed by atoms with E-state index in [1.54, 1.807) is 0 Å². The summed E-state index contributed by atoms with van der Waals surface area (Å²) in [6.45, 7) is 3.90. The highest BCUT2D eigenvalue weighted by Crippen LogP contribution is 2.28. The fourth-order valence-corrected chi connectivity index (χ4v) is 3.58. The highest BCUT2D eigenvalue weighted by Gasteiger charge is 2.25. The number of rotatable bonds is 6. The first kappa shape index (κ1) is 20.2. The molecule has 2 rings (SSSR count). The van der Waals surface area contributed by atoms with Crippen molar-refractivity contribution in [2.24, 2.45) is 5.92 Å². The van der Waals surface area contributed by atoms with E-state index in [9.17, 15) is 9.59 Å². The molecule has 0 unspecified atom stereocenters. The van der Waals surface area contributed by atoms with Crippen LogP contribution in [0, 0.1) is 5.92 Å². The molecule has 0 aromatic rings. The molecule has 23 heavy (non-hydrogen) atoms. The van der Waals surface area contributed by atoms with Crippen LogP contribution in [0.1, 0.15) is 51.4 Å². The molecule has 1 N–H and O–H groups in total. The molecule has 0 radical (unpaired) electrons. The van der Waals surface area contributed by atoms with Crippen LogP contribution in [0.4, 0.5) is 0 Å². The van der Waals surface area contributed by atoms with Crippen molar-refractivity contribution in [2.45, 2.75) is 51.4 Å². The van der Waals surface area contributed by atoms with Crippen LogP contribution in [0.2, 0.25) is 0 Å². The molecule has 0 spiro atoms. The first-order valence-corrected chi connectivity index (χ1v) is 8.91. The molecule has 0 atom stereocenters. The van der Waals surface area contributed by atoms with E-state index >= 15 is 0 Å². The van der Waals surface area contributed by atoms with E-state index in [0.717, 1.165) is 38.9 Å². The van der Waals surface area contributed by atoms with Gasteiger partial charge in [0.05, 0.1) is 0 Å². The van der Waals surface area contributed by atoms with E-state index in [1.807, 2.05) is 16.8 Å². The van der Waals surface area contributed by atoms with Crippen molar-refractivity contribution in [1.82, 2.24) is 15.1 Å². The van der Waals surface area contributed by atoms with Crippen LogP contribution in [-0.4, -0.2) is 61.4 Å². The summed E-state index contributed by atoms with van der Waals surface area (Å²) < 4.78 is 0. The van der Waals surface area contributed by atoms with Crippen LogP contribution in [0.15, 0.2) is 0 Å². The van der Waals surface area contributed by atoms with Crippen LogP contribution in [0.3, 0.4) is 0 Å². The van der Waals surface area contributed by atoms with Gasteiger partial charge in [-0.05, 0) is 45.2 Å². The van der Waals surface area contributed by atoms with Gasteiger partial charge in [-0.1, -0.05) is 12.8 Å². The molecule has 2 fully saturated rings. The molecule has 6 heteroatoms. The quantitative estimate of drug-likeness (QED) is 0.750. The number of amides is 2. The lowest BCUT2D eigenvalue weighted by Crippen LogP contribution is -2.37. The highest BCUT2D eigenvalue weighted by molar-refractivity contribution is 5.85. The fraction of sp³-hybridized carbons (Fsp3) is 0.882. The Morgan fingerprint density at radius 2 is 1.57 bits per heavy atom. The summed E-state index contributed by atoms with van der Waals surface area (Å²) >= 11 is 0. The van der Waals surface area contributed by atoms with Crippen molar-refractivity contribution in [2.75, 3.05) is 39.8 Å². The Labute approximate surface area is 146 Å². The number of hydrogen-bond acceptors (Lipinski definition) is 3. The Kier molecular flexibility index (Phi) is 9.56. The minimum Gasteiger partial charge on any atom is -0.341 e. The number of nitrogens with zero attached hydrogens (tertiary/aromatic N) is 2. The molecule has 1 aliphatic carbocycles. The van der Waals surface area contributed by atoms with Gasteiger partial charge in [0.2, 0.25) is 11.8 Å². The molecule has 134 valence electrons. The maximum Gasteiger partial charge on any atom is 0.222 e. The second-order valence-corrected chi connectivity index (χ2v) is 6.68. The fourth-order valence-electron chi connectivity index (χ4n) is 3.58. The van der Waals surface area contributed by atoms with Crippen LogP contribution >= 0.6 is 12.4 Å². The number of carbonyl (C=O) groups is 2. The molecule has 1 saturated carbocycles. The molecule has 0 aromatic heterocycles. The van der Waals surface area contributed by atoms with E-state index in [1.165, 1.54) is 25.7 Å². The Hall–Kier alpha value is -0.810. The molecular weight excluding hydrogens is 314 g/mol. The molecule has 1 heterocycles. The topological polar surface area (TPSA) is 52.7 Å². The molecule has 1 saturated heterocycles. The Morgan fingerprint density at radius 1 is 0.957 bits per heavy atom. The predicted molar refractivity (Wildman–Crippen MR) is 94.8 cm³/mol. The lowest BCUT2D eigenvalue weighted by molar-refractivity contribution is -0.134. The minimum absolute atomic E-state index is 0. The largest absolute Gasteiger partial charge is 0.341 e. The first-order valence-electron chi connectivity index (χ1n) is 8.91. The third kappa shape index (κ3) is 6.68. The number of hydrogen-bond donors (Lipinski definition) is 1. The first-order chi connectivity index (χ1) is 10.7. The highest BCUT2D eigenvalue weighted by atomic mass is 35.5. The Morgan fingerprint density at radius 3 is 2.17 bits per heavy atom. The van der Waals surface area contributed by atoms with Gasteiger partial charge in [-0.3, -0.25) is 9.59 Å². The summed E-state index contributed by atoms with van der Waals surface area (Å²) in [5.74, 6) is 1.15. The molecule has 0 bridgehead atoms. The van der Waals surface area contributed by atoms with Gasteiger partial charge in [0, 0.05) is 39.0 Å². The zero-order valence-corrected chi connectivity index (χ0v) is 15.2. The summed E-state index contributed by atoms with van der Waals surface area (Å²) in [5.41, 5.74) is 0. The zero-order valence-electron chi connectivity index (χ0n) is 14.4. The molecule has 0 aromatic carbocycles. The molecule has 1 aliphatic heterocycles. The van der Waals surface area contributed by atoms with Gasteiger partial charge in [0.25, 0.3) is 0 Å². The predicted octanol–water partition coefficient (Wildman–Crippen LogP) is 2.05. The molecule has 2 aliphatic rings. The average molecular weight is 346 g/mol. The van der Waals surface area contributed by atoms with E-state index in [0.29, 0.717) is 31.3 Å². The lowest BCUT2D eigenvalue weighted by atomic mass is 10.0. The number of halogens is 1. The van der Waals surface area contributed by atoms with Crippen LogP contribution in [0.5, 0.6) is 0 Å². The Balaban J connectivity index is 0.00000264. The van der Waals surface area contributed by atoms with E-state index in [-0.39, 0.29) is 18.3 Å². The van der Waals surface area contributed by atoms with Gasteiger partial charge in [-0.15, -0.1) is 12.4 Å². The van der Waals surface area contributed by atoms with Gasteiger partial charge in [-0.2, -0.15) is 0 Å². The summed E-state index contributed by atoms with van der Waals surface area (Å²) in [6.07, 6.45) is 8.13. The van der Waals surface area contributed by atoms with Crippen LogP contribution in [-0.2, 0) is 9.59 Å². The minimum atomic E-state index is 0. The molecular formula is C17H32ClN3O2. The molecule has 5 nitrogen and oxygen atoms in total. The standard InChI is InChI=1S/C17H31N3O2.ClH/c1-18-9-4-8-16(21)19-10-5-11-20(13-12-19)17(22)14-15-6-2-3-7-15;/h15,18H,2-14H2,1H3;1H. The van der Waals surface area contributed by atoms with Gasteiger partial charge < -0.3 is 15.1 Å². The van der Waals surface area contributed by atoms with Crippen molar-refractivity contribution >= 4 is 24.2 Å². The van der Waals surface area contributed by atoms with Crippen molar-refractivity contribution < 1.29 is 9.59 Å². The zero-order chi connectivity index (χ0) is 15.8. The van der Waals surface area contributed by atoms with Gasteiger partial charge in [0.1, 0.15) is 0 Å². The second-order valence-electron chi connectivity index (χ2n) is 6.68. The van der Waals surface area contributed by atoms with Crippen molar-refractivity contribution in [1.29, 1.82) is 0 Å². The Bertz CT molecular complexity index is 373. The van der Waals surface area contributed by atoms with E-state index in [4.69, 9.17) is 0 Å². The SMILES string of the molecule is CNCCCC(=O)N1CCCN(C(=O)CC2CCCC2)CC1.Cl. The summed E-state index contributed by atoms with van der Waals surface area (Å²) in [6, 6.07) is 0. The van der Waals surface area contributed by atoms with Crippen molar-refractivity contribution in [3.8, 4) is 0 Å². The average Bonchev–Trinajstić information content (AvgIpc) is 2.88. The third-order valence-electron chi connectivity index (χ3n) is 4.96. The van der Waals surface area contributed by atoms with Crippen LogP contribution < -0.4 is 5.32 Å². The maximum atomic E-state index is 12.4. The summed E-state index contributed by atoms with van der Waals surface area (Å²) in [7, 11) is 1.91. The van der Waals surface area contributed by atoms with E-state index < -0.39 is 0 Å². The maximum absolute atomic E-state index is 12.4. The number of nitrogens with one attached hydrogen (secondary N) is 1. The van der Waals surface area contributed by atoms with Crippen LogP contribution in [0.25, 0.3) is 0 Å². The number of carbonyl (C=O) groups excluding carboxylic acids is 2. The summed E-state index contributed by atoms with van der Waals surface area (Å²) in [5, 5.41) is 3.07. The van der Waals surface area contributed by atoms with Crippen molar-refractivity contribution in [3.05, 3.63) is 0 Å².